The Morgan fingerprint density at radius 3 is 2.67 bits per heavy atom. The van der Waals surface area contributed by atoms with Crippen LogP contribution in [0.1, 0.15) is 36.2 Å². The molecule has 1 atom stereocenters. The zero-order chi connectivity index (χ0) is 21.1. The number of amides is 2. The Hall–Kier alpha value is -2.54. The van der Waals surface area contributed by atoms with Gasteiger partial charge in [-0.2, -0.15) is 0 Å². The average molecular weight is 429 g/mol. The van der Waals surface area contributed by atoms with Crippen LogP contribution in [0.5, 0.6) is 11.5 Å². The van der Waals surface area contributed by atoms with Gasteiger partial charge in [0, 0.05) is 24.9 Å². The van der Waals surface area contributed by atoms with Gasteiger partial charge in [-0.15, -0.1) is 11.3 Å². The van der Waals surface area contributed by atoms with Gasteiger partial charge in [0.1, 0.15) is 6.61 Å². The number of thiophene rings is 1. The molecule has 2 aromatic rings. The van der Waals surface area contributed by atoms with E-state index in [9.17, 15) is 9.59 Å². The number of ether oxygens (including phenoxy) is 2. The summed E-state index contributed by atoms with van der Waals surface area (Å²) in [6, 6.07) is 9.44. The highest BCUT2D eigenvalue weighted by Crippen LogP contribution is 2.35. The van der Waals surface area contributed by atoms with Crippen LogP contribution in [0.3, 0.4) is 0 Å². The Kier molecular flexibility index (Phi) is 6.27. The molecule has 4 rings (SSSR count). The highest BCUT2D eigenvalue weighted by Gasteiger charge is 2.34. The monoisotopic (exact) mass is 428 g/mol. The van der Waals surface area contributed by atoms with E-state index in [1.165, 1.54) is 4.88 Å². The SMILES string of the molecule is COc1ccccc1OCC1c2ccsc2CCN1C(=O)CN(CC1CC1)C(C)=O. The van der Waals surface area contributed by atoms with Gasteiger partial charge in [0.2, 0.25) is 11.8 Å². The van der Waals surface area contributed by atoms with E-state index in [-0.39, 0.29) is 24.4 Å². The maximum absolute atomic E-state index is 13.2. The van der Waals surface area contributed by atoms with Gasteiger partial charge in [-0.25, -0.2) is 0 Å². The number of benzene rings is 1. The first-order chi connectivity index (χ1) is 14.6. The van der Waals surface area contributed by atoms with Gasteiger partial charge in [-0.1, -0.05) is 12.1 Å². The molecule has 2 amide bonds. The lowest BCUT2D eigenvalue weighted by atomic mass is 10.0. The molecular weight excluding hydrogens is 400 g/mol. The molecule has 1 aromatic carbocycles. The summed E-state index contributed by atoms with van der Waals surface area (Å²) in [6.45, 7) is 3.35. The Morgan fingerprint density at radius 1 is 1.20 bits per heavy atom. The molecule has 1 fully saturated rings. The van der Waals surface area contributed by atoms with Crippen molar-refractivity contribution in [2.45, 2.75) is 32.2 Å². The first-order valence-corrected chi connectivity index (χ1v) is 11.3. The molecule has 0 bridgehead atoms. The fourth-order valence-corrected chi connectivity index (χ4v) is 4.88. The van der Waals surface area contributed by atoms with Crippen LogP contribution in [0.2, 0.25) is 0 Å². The Bertz CT molecular complexity index is 908. The van der Waals surface area contributed by atoms with Crippen LogP contribution in [0, 0.1) is 5.92 Å². The smallest absolute Gasteiger partial charge is 0.242 e. The molecular formula is C23H28N2O4S. The minimum Gasteiger partial charge on any atom is -0.493 e. The van der Waals surface area contributed by atoms with Crippen molar-refractivity contribution in [2.75, 3.05) is 33.4 Å². The third-order valence-corrected chi connectivity index (χ3v) is 6.82. The Labute approximate surface area is 181 Å². The number of nitrogens with zero attached hydrogens (tertiary/aromatic N) is 2. The van der Waals surface area contributed by atoms with Crippen molar-refractivity contribution in [1.82, 2.24) is 9.80 Å². The molecule has 0 radical (unpaired) electrons. The van der Waals surface area contributed by atoms with Crippen molar-refractivity contribution < 1.29 is 19.1 Å². The number of para-hydroxylation sites is 2. The Morgan fingerprint density at radius 2 is 1.97 bits per heavy atom. The molecule has 0 spiro atoms. The standard InChI is InChI=1S/C23H28N2O4S/c1-16(26)24(13-17-7-8-17)14-23(27)25-11-9-22-18(10-12-30-22)19(25)15-29-21-6-4-3-5-20(21)28-2/h3-6,10,12,17,19H,7-9,11,13-15H2,1-2H3. The predicted octanol–water partition coefficient (Wildman–Crippen LogP) is 3.52. The quantitative estimate of drug-likeness (QED) is 0.646. The Balaban J connectivity index is 1.50. The highest BCUT2D eigenvalue weighted by molar-refractivity contribution is 7.10. The molecule has 160 valence electrons. The van der Waals surface area contributed by atoms with Crippen LogP contribution in [0.15, 0.2) is 35.7 Å². The van der Waals surface area contributed by atoms with E-state index < -0.39 is 0 Å². The average Bonchev–Trinajstić information content (AvgIpc) is 3.44. The van der Waals surface area contributed by atoms with Crippen molar-refractivity contribution in [1.29, 1.82) is 0 Å². The summed E-state index contributed by atoms with van der Waals surface area (Å²) in [5.41, 5.74) is 1.14. The second-order valence-electron chi connectivity index (χ2n) is 7.96. The van der Waals surface area contributed by atoms with Gasteiger partial charge in [0.05, 0.1) is 19.7 Å². The summed E-state index contributed by atoms with van der Waals surface area (Å²) >= 11 is 1.72. The fourth-order valence-electron chi connectivity index (χ4n) is 3.95. The van der Waals surface area contributed by atoms with Crippen molar-refractivity contribution in [3.05, 3.63) is 46.2 Å². The number of rotatable bonds is 8. The number of fused-ring (bicyclic) bond motifs is 1. The number of carbonyl (C=O) groups is 2. The molecule has 1 unspecified atom stereocenters. The van der Waals surface area contributed by atoms with Crippen molar-refractivity contribution >= 4 is 23.2 Å². The lowest BCUT2D eigenvalue weighted by Crippen LogP contribution is -2.47. The van der Waals surface area contributed by atoms with E-state index in [1.54, 1.807) is 30.3 Å². The molecule has 1 aromatic heterocycles. The molecule has 2 heterocycles. The lowest BCUT2D eigenvalue weighted by Gasteiger charge is -2.37. The third-order valence-electron chi connectivity index (χ3n) is 5.83. The maximum Gasteiger partial charge on any atom is 0.242 e. The molecule has 1 saturated carbocycles. The van der Waals surface area contributed by atoms with Crippen molar-refractivity contribution in [2.24, 2.45) is 5.92 Å². The van der Waals surface area contributed by atoms with Crippen LogP contribution < -0.4 is 9.47 Å². The minimum absolute atomic E-state index is 0.0173. The first kappa shape index (κ1) is 20.7. The first-order valence-electron chi connectivity index (χ1n) is 10.4. The van der Waals surface area contributed by atoms with Crippen LogP contribution in [-0.4, -0.2) is 55.0 Å². The summed E-state index contributed by atoms with van der Waals surface area (Å²) in [5.74, 6) is 1.83. The zero-order valence-electron chi connectivity index (χ0n) is 17.5. The molecule has 1 aliphatic heterocycles. The largest absolute Gasteiger partial charge is 0.493 e. The predicted molar refractivity (Wildman–Crippen MR) is 116 cm³/mol. The van der Waals surface area contributed by atoms with Crippen LogP contribution >= 0.6 is 11.3 Å². The second-order valence-corrected chi connectivity index (χ2v) is 8.96. The second kappa shape index (κ2) is 9.08. The zero-order valence-corrected chi connectivity index (χ0v) is 18.3. The molecule has 7 heteroatoms. The lowest BCUT2D eigenvalue weighted by molar-refractivity contribution is -0.142. The molecule has 1 aliphatic carbocycles. The number of carbonyl (C=O) groups excluding carboxylic acids is 2. The van der Waals surface area contributed by atoms with Gasteiger partial charge in [-0.05, 0) is 54.3 Å². The number of hydrogen-bond donors (Lipinski definition) is 0. The van der Waals surface area contributed by atoms with Gasteiger partial charge in [-0.3, -0.25) is 9.59 Å². The van der Waals surface area contributed by atoms with E-state index in [1.807, 2.05) is 29.2 Å². The van der Waals surface area contributed by atoms with Crippen LogP contribution in [0.25, 0.3) is 0 Å². The number of methoxy groups -OCH3 is 1. The summed E-state index contributed by atoms with van der Waals surface area (Å²) in [7, 11) is 1.62. The minimum atomic E-state index is -0.174. The van der Waals surface area contributed by atoms with E-state index in [0.717, 1.165) is 24.8 Å². The summed E-state index contributed by atoms with van der Waals surface area (Å²) in [5, 5.41) is 2.07. The van der Waals surface area contributed by atoms with Crippen molar-refractivity contribution in [3.63, 3.8) is 0 Å². The van der Waals surface area contributed by atoms with E-state index in [4.69, 9.17) is 9.47 Å². The third kappa shape index (κ3) is 4.61. The maximum atomic E-state index is 13.2. The summed E-state index contributed by atoms with van der Waals surface area (Å²) in [6.07, 6.45) is 3.14. The fraction of sp³-hybridized carbons (Fsp3) is 0.478. The van der Waals surface area contributed by atoms with Crippen molar-refractivity contribution in [3.8, 4) is 11.5 Å². The number of hydrogen-bond acceptors (Lipinski definition) is 5. The molecule has 0 N–H and O–H groups in total. The molecule has 6 nitrogen and oxygen atoms in total. The summed E-state index contributed by atoms with van der Waals surface area (Å²) in [4.78, 5) is 30.2. The highest BCUT2D eigenvalue weighted by atomic mass is 32.1. The molecule has 30 heavy (non-hydrogen) atoms. The van der Waals surface area contributed by atoms with E-state index >= 15 is 0 Å². The van der Waals surface area contributed by atoms with E-state index in [2.05, 4.69) is 11.4 Å². The van der Waals surface area contributed by atoms with E-state index in [0.29, 0.717) is 37.1 Å². The van der Waals surface area contributed by atoms with Crippen LogP contribution in [0.4, 0.5) is 0 Å². The van der Waals surface area contributed by atoms with Gasteiger partial charge >= 0.3 is 0 Å². The van der Waals surface area contributed by atoms with Gasteiger partial charge in [0.25, 0.3) is 0 Å². The summed E-state index contributed by atoms with van der Waals surface area (Å²) < 4.78 is 11.5. The van der Waals surface area contributed by atoms with Gasteiger partial charge in [0.15, 0.2) is 11.5 Å². The normalized spacial score (nSPS) is 17.9. The topological polar surface area (TPSA) is 59.1 Å². The van der Waals surface area contributed by atoms with Crippen LogP contribution in [-0.2, 0) is 16.0 Å². The molecule has 0 saturated heterocycles. The van der Waals surface area contributed by atoms with Gasteiger partial charge < -0.3 is 19.3 Å². The molecule has 2 aliphatic rings.